The van der Waals surface area contributed by atoms with Gasteiger partial charge in [-0.15, -0.1) is 0 Å². The highest BCUT2D eigenvalue weighted by Crippen LogP contribution is 2.26. The number of amides is 2. The van der Waals surface area contributed by atoms with Gasteiger partial charge in [0.25, 0.3) is 11.6 Å². The number of nitro benzene ring substituents is 1. The standard InChI is InChI=1S/C23H23N5O5/c1-33-21-5-3-2-4-19(21)24-22(29)16-10-13-26(14-11-16)23(30)20-12-15-27(25-20)17-6-8-18(9-7-17)28(31)32/h2-9,12,15-16H,10-11,13-14H2,1H3,(H,24,29). The minimum absolute atomic E-state index is 0.0141. The van der Waals surface area contributed by atoms with Gasteiger partial charge in [0.1, 0.15) is 5.75 Å². The molecule has 0 saturated carbocycles. The number of carbonyl (C=O) groups is 2. The average Bonchev–Trinajstić information content (AvgIpc) is 3.34. The first-order valence-corrected chi connectivity index (χ1v) is 10.5. The molecular weight excluding hydrogens is 426 g/mol. The molecule has 0 atom stereocenters. The third-order valence-electron chi connectivity index (χ3n) is 5.65. The van der Waals surface area contributed by atoms with Crippen LogP contribution in [0.15, 0.2) is 60.8 Å². The lowest BCUT2D eigenvalue weighted by Crippen LogP contribution is -2.41. The van der Waals surface area contributed by atoms with Crippen molar-refractivity contribution in [3.63, 3.8) is 0 Å². The number of aromatic nitrogens is 2. The summed E-state index contributed by atoms with van der Waals surface area (Å²) in [4.78, 5) is 37.6. The highest BCUT2D eigenvalue weighted by Gasteiger charge is 2.29. The van der Waals surface area contributed by atoms with Crippen molar-refractivity contribution in [1.82, 2.24) is 14.7 Å². The molecule has 1 aromatic heterocycles. The van der Waals surface area contributed by atoms with Crippen molar-refractivity contribution < 1.29 is 19.2 Å². The van der Waals surface area contributed by atoms with Gasteiger partial charge in [-0.2, -0.15) is 5.10 Å². The average molecular weight is 449 g/mol. The van der Waals surface area contributed by atoms with Crippen molar-refractivity contribution in [2.45, 2.75) is 12.8 Å². The minimum Gasteiger partial charge on any atom is -0.495 e. The predicted octanol–water partition coefficient (Wildman–Crippen LogP) is 3.28. The fourth-order valence-electron chi connectivity index (χ4n) is 3.80. The van der Waals surface area contributed by atoms with Gasteiger partial charge in [0.2, 0.25) is 5.91 Å². The molecule has 4 rings (SSSR count). The summed E-state index contributed by atoms with van der Waals surface area (Å²) in [5, 5.41) is 18.0. The van der Waals surface area contributed by atoms with E-state index in [4.69, 9.17) is 4.74 Å². The van der Waals surface area contributed by atoms with E-state index in [1.807, 2.05) is 12.1 Å². The summed E-state index contributed by atoms with van der Waals surface area (Å²) in [6.45, 7) is 0.903. The molecule has 33 heavy (non-hydrogen) atoms. The Morgan fingerprint density at radius 3 is 2.45 bits per heavy atom. The van der Waals surface area contributed by atoms with E-state index < -0.39 is 4.92 Å². The lowest BCUT2D eigenvalue weighted by atomic mass is 9.95. The number of para-hydroxylation sites is 2. The second-order valence-electron chi connectivity index (χ2n) is 7.68. The Morgan fingerprint density at radius 2 is 1.79 bits per heavy atom. The van der Waals surface area contributed by atoms with Crippen molar-refractivity contribution in [2.75, 3.05) is 25.5 Å². The predicted molar refractivity (Wildman–Crippen MR) is 120 cm³/mol. The van der Waals surface area contributed by atoms with E-state index in [1.165, 1.54) is 16.8 Å². The molecule has 1 aliphatic rings. The number of rotatable bonds is 6. The summed E-state index contributed by atoms with van der Waals surface area (Å²) in [6, 6.07) is 14.8. The van der Waals surface area contributed by atoms with Crippen LogP contribution in [0.1, 0.15) is 23.3 Å². The van der Waals surface area contributed by atoms with Crippen molar-refractivity contribution in [2.24, 2.45) is 5.92 Å². The van der Waals surface area contributed by atoms with Gasteiger partial charge in [-0.3, -0.25) is 19.7 Å². The van der Waals surface area contributed by atoms with Gasteiger partial charge in [-0.25, -0.2) is 4.68 Å². The van der Waals surface area contributed by atoms with Gasteiger partial charge in [-0.1, -0.05) is 12.1 Å². The van der Waals surface area contributed by atoms with Crippen molar-refractivity contribution in [3.8, 4) is 11.4 Å². The van der Waals surface area contributed by atoms with Gasteiger partial charge < -0.3 is 15.0 Å². The second-order valence-corrected chi connectivity index (χ2v) is 7.68. The Bertz CT molecular complexity index is 1170. The number of nitrogens with one attached hydrogen (secondary N) is 1. The van der Waals surface area contributed by atoms with E-state index in [1.54, 1.807) is 48.5 Å². The molecule has 2 aromatic carbocycles. The number of ether oxygens (including phenoxy) is 1. The number of methoxy groups -OCH3 is 1. The first-order chi connectivity index (χ1) is 16.0. The Labute approximate surface area is 189 Å². The second kappa shape index (κ2) is 9.51. The normalized spacial score (nSPS) is 14.0. The molecule has 2 amide bonds. The molecular formula is C23H23N5O5. The summed E-state index contributed by atoms with van der Waals surface area (Å²) in [5.74, 6) is 0.104. The van der Waals surface area contributed by atoms with Gasteiger partial charge in [0.15, 0.2) is 5.69 Å². The zero-order valence-corrected chi connectivity index (χ0v) is 18.0. The first-order valence-electron chi connectivity index (χ1n) is 10.5. The zero-order valence-electron chi connectivity index (χ0n) is 18.0. The minimum atomic E-state index is -0.470. The fraction of sp³-hybridized carbons (Fsp3) is 0.261. The molecule has 10 nitrogen and oxygen atoms in total. The molecule has 170 valence electrons. The maximum absolute atomic E-state index is 12.9. The van der Waals surface area contributed by atoms with Crippen LogP contribution in [0.25, 0.3) is 5.69 Å². The third-order valence-corrected chi connectivity index (χ3v) is 5.65. The molecule has 0 radical (unpaired) electrons. The summed E-state index contributed by atoms with van der Waals surface area (Å²) in [6.07, 6.45) is 2.74. The number of likely N-dealkylation sites (tertiary alicyclic amines) is 1. The van der Waals surface area contributed by atoms with Gasteiger partial charge in [-0.05, 0) is 43.2 Å². The van der Waals surface area contributed by atoms with Crippen LogP contribution < -0.4 is 10.1 Å². The zero-order chi connectivity index (χ0) is 23.4. The quantitative estimate of drug-likeness (QED) is 0.456. The van der Waals surface area contributed by atoms with Crippen LogP contribution in [0.5, 0.6) is 5.75 Å². The number of benzene rings is 2. The summed E-state index contributed by atoms with van der Waals surface area (Å²) in [5.41, 5.74) is 1.51. The van der Waals surface area contributed by atoms with Gasteiger partial charge in [0.05, 0.1) is 23.4 Å². The summed E-state index contributed by atoms with van der Waals surface area (Å²) < 4.78 is 6.78. The van der Waals surface area contributed by atoms with E-state index in [-0.39, 0.29) is 29.1 Å². The Kier molecular flexibility index (Phi) is 6.34. The lowest BCUT2D eigenvalue weighted by Gasteiger charge is -2.31. The maximum atomic E-state index is 12.9. The number of hydrogen-bond acceptors (Lipinski definition) is 6. The first kappa shape index (κ1) is 22.0. The number of hydrogen-bond donors (Lipinski definition) is 1. The topological polar surface area (TPSA) is 120 Å². The molecule has 10 heteroatoms. The van der Waals surface area contributed by atoms with Crippen LogP contribution in [-0.2, 0) is 4.79 Å². The van der Waals surface area contributed by atoms with Gasteiger partial charge in [0, 0.05) is 37.3 Å². The molecule has 3 aromatic rings. The largest absolute Gasteiger partial charge is 0.495 e. The van der Waals surface area contributed by atoms with Crippen LogP contribution in [0.2, 0.25) is 0 Å². The Morgan fingerprint density at radius 1 is 1.09 bits per heavy atom. The summed E-state index contributed by atoms with van der Waals surface area (Å²) in [7, 11) is 1.55. The van der Waals surface area contributed by atoms with Crippen molar-refractivity contribution in [1.29, 1.82) is 0 Å². The van der Waals surface area contributed by atoms with Crippen LogP contribution >= 0.6 is 0 Å². The molecule has 1 saturated heterocycles. The highest BCUT2D eigenvalue weighted by atomic mass is 16.6. The van der Waals surface area contributed by atoms with Crippen LogP contribution in [-0.4, -0.2) is 51.6 Å². The number of nitro groups is 1. The SMILES string of the molecule is COc1ccccc1NC(=O)C1CCN(C(=O)c2ccn(-c3ccc([N+](=O)[O-])cc3)n2)CC1. The fourth-order valence-corrected chi connectivity index (χ4v) is 3.80. The molecule has 1 aliphatic heterocycles. The van der Waals surface area contributed by atoms with E-state index in [2.05, 4.69) is 10.4 Å². The highest BCUT2D eigenvalue weighted by molar-refractivity contribution is 5.95. The van der Waals surface area contributed by atoms with E-state index >= 15 is 0 Å². The Balaban J connectivity index is 1.35. The van der Waals surface area contributed by atoms with Crippen molar-refractivity contribution >= 4 is 23.2 Å². The summed E-state index contributed by atoms with van der Waals surface area (Å²) >= 11 is 0. The maximum Gasteiger partial charge on any atom is 0.274 e. The van der Waals surface area contributed by atoms with Crippen LogP contribution in [0.3, 0.4) is 0 Å². The van der Waals surface area contributed by atoms with E-state index in [9.17, 15) is 19.7 Å². The number of nitrogens with zero attached hydrogens (tertiary/aromatic N) is 4. The molecule has 1 N–H and O–H groups in total. The molecule has 0 bridgehead atoms. The third kappa shape index (κ3) is 4.84. The molecule has 2 heterocycles. The smallest absolute Gasteiger partial charge is 0.274 e. The molecule has 0 unspecified atom stereocenters. The lowest BCUT2D eigenvalue weighted by molar-refractivity contribution is -0.384. The van der Waals surface area contributed by atoms with Crippen molar-refractivity contribution in [3.05, 3.63) is 76.6 Å². The van der Waals surface area contributed by atoms with E-state index in [0.717, 1.165) is 0 Å². The molecule has 0 aliphatic carbocycles. The Hall–Kier alpha value is -4.21. The number of piperidine rings is 1. The molecule has 1 fully saturated rings. The number of non-ortho nitro benzene ring substituents is 1. The number of anilines is 1. The van der Waals surface area contributed by atoms with Crippen LogP contribution in [0.4, 0.5) is 11.4 Å². The monoisotopic (exact) mass is 449 g/mol. The van der Waals surface area contributed by atoms with E-state index in [0.29, 0.717) is 43.1 Å². The van der Waals surface area contributed by atoms with Gasteiger partial charge >= 0.3 is 0 Å². The van der Waals surface area contributed by atoms with Crippen LogP contribution in [0, 0.1) is 16.0 Å². The molecule has 0 spiro atoms. The number of carbonyl (C=O) groups excluding carboxylic acids is 2.